The van der Waals surface area contributed by atoms with Gasteiger partial charge in [0.2, 0.25) is 11.7 Å². The fourth-order valence-corrected chi connectivity index (χ4v) is 2.24. The van der Waals surface area contributed by atoms with Crippen molar-refractivity contribution in [2.75, 3.05) is 26.3 Å². The van der Waals surface area contributed by atoms with Crippen molar-refractivity contribution in [1.29, 1.82) is 0 Å². The van der Waals surface area contributed by atoms with E-state index >= 15 is 0 Å². The highest BCUT2D eigenvalue weighted by atomic mass is 16.5. The first-order valence-corrected chi connectivity index (χ1v) is 6.97. The summed E-state index contributed by atoms with van der Waals surface area (Å²) < 4.78 is 5.25. The minimum atomic E-state index is -0.465. The van der Waals surface area contributed by atoms with Crippen LogP contribution in [0, 0.1) is 0 Å². The monoisotopic (exact) mass is 287 g/mol. The molecule has 7 heteroatoms. The van der Waals surface area contributed by atoms with Crippen LogP contribution in [-0.2, 0) is 9.53 Å². The van der Waals surface area contributed by atoms with Crippen molar-refractivity contribution in [2.45, 2.75) is 13.0 Å². The third-order valence-corrected chi connectivity index (χ3v) is 3.49. The number of ether oxygens (including phenoxy) is 1. The van der Waals surface area contributed by atoms with Gasteiger partial charge in [0, 0.05) is 18.7 Å². The van der Waals surface area contributed by atoms with Gasteiger partial charge in [-0.15, -0.1) is 10.2 Å². The van der Waals surface area contributed by atoms with Gasteiger partial charge in [0.1, 0.15) is 6.04 Å². The number of benzene rings is 1. The summed E-state index contributed by atoms with van der Waals surface area (Å²) in [5, 5.41) is 12.3. The number of aromatic nitrogens is 4. The van der Waals surface area contributed by atoms with E-state index in [1.165, 1.54) is 4.80 Å². The first-order chi connectivity index (χ1) is 10.3. The van der Waals surface area contributed by atoms with E-state index in [-0.39, 0.29) is 5.91 Å². The van der Waals surface area contributed by atoms with Crippen LogP contribution in [0.2, 0.25) is 0 Å². The number of carbonyl (C=O) groups is 1. The molecule has 2 heterocycles. The smallest absolute Gasteiger partial charge is 0.249 e. The van der Waals surface area contributed by atoms with Gasteiger partial charge in [0.15, 0.2) is 0 Å². The molecule has 0 bridgehead atoms. The summed E-state index contributed by atoms with van der Waals surface area (Å²) in [6, 6.07) is 9.12. The van der Waals surface area contributed by atoms with Crippen LogP contribution in [0.4, 0.5) is 0 Å². The first kappa shape index (κ1) is 13.7. The second-order valence-electron chi connectivity index (χ2n) is 4.91. The zero-order chi connectivity index (χ0) is 14.7. The quantitative estimate of drug-likeness (QED) is 0.833. The van der Waals surface area contributed by atoms with Crippen LogP contribution in [0.5, 0.6) is 0 Å². The third kappa shape index (κ3) is 2.92. The average molecular weight is 287 g/mol. The molecule has 1 saturated heterocycles. The maximum atomic E-state index is 12.4. The summed E-state index contributed by atoms with van der Waals surface area (Å²) in [5.74, 6) is 0.521. The van der Waals surface area contributed by atoms with E-state index in [0.29, 0.717) is 32.1 Å². The molecule has 1 amide bonds. The van der Waals surface area contributed by atoms with E-state index < -0.39 is 6.04 Å². The van der Waals surface area contributed by atoms with Crippen molar-refractivity contribution in [3.63, 3.8) is 0 Å². The van der Waals surface area contributed by atoms with E-state index in [4.69, 9.17) is 4.74 Å². The average Bonchev–Trinajstić information content (AvgIpc) is 3.05. The van der Waals surface area contributed by atoms with Gasteiger partial charge in [-0.25, -0.2) is 0 Å². The van der Waals surface area contributed by atoms with Crippen LogP contribution in [0.3, 0.4) is 0 Å². The lowest BCUT2D eigenvalue weighted by Crippen LogP contribution is -2.44. The summed E-state index contributed by atoms with van der Waals surface area (Å²) >= 11 is 0. The Labute approximate surface area is 122 Å². The number of hydrogen-bond acceptors (Lipinski definition) is 5. The van der Waals surface area contributed by atoms with Crippen molar-refractivity contribution in [1.82, 2.24) is 25.1 Å². The van der Waals surface area contributed by atoms with E-state index in [9.17, 15) is 4.79 Å². The summed E-state index contributed by atoms with van der Waals surface area (Å²) in [5.41, 5.74) is 0.884. The van der Waals surface area contributed by atoms with Gasteiger partial charge in [-0.2, -0.15) is 4.80 Å². The molecule has 1 aromatic heterocycles. The van der Waals surface area contributed by atoms with Gasteiger partial charge in [-0.3, -0.25) is 4.79 Å². The van der Waals surface area contributed by atoms with E-state index in [1.54, 1.807) is 11.8 Å². The van der Waals surface area contributed by atoms with Crippen molar-refractivity contribution in [3.8, 4) is 11.4 Å². The molecular formula is C14H17N5O2. The number of carbonyl (C=O) groups excluding carboxylic acids is 1. The lowest BCUT2D eigenvalue weighted by Gasteiger charge is -2.28. The van der Waals surface area contributed by atoms with Crippen molar-refractivity contribution >= 4 is 5.91 Å². The molecule has 1 aliphatic rings. The molecule has 7 nitrogen and oxygen atoms in total. The van der Waals surface area contributed by atoms with Crippen molar-refractivity contribution < 1.29 is 9.53 Å². The minimum Gasteiger partial charge on any atom is -0.378 e. The Balaban J connectivity index is 1.74. The van der Waals surface area contributed by atoms with Gasteiger partial charge in [-0.05, 0) is 12.1 Å². The Morgan fingerprint density at radius 1 is 1.24 bits per heavy atom. The Morgan fingerprint density at radius 3 is 2.67 bits per heavy atom. The highest BCUT2D eigenvalue weighted by molar-refractivity contribution is 5.80. The zero-order valence-electron chi connectivity index (χ0n) is 11.8. The minimum absolute atomic E-state index is 0.00434. The molecule has 1 fully saturated rings. The predicted molar refractivity (Wildman–Crippen MR) is 75.4 cm³/mol. The SMILES string of the molecule is CC(C(=O)N1CCOCC1)n1nnc(-c2ccccc2)n1. The van der Waals surface area contributed by atoms with Gasteiger partial charge in [-0.1, -0.05) is 30.3 Å². The fraction of sp³-hybridized carbons (Fsp3) is 0.429. The molecule has 3 rings (SSSR count). The summed E-state index contributed by atoms with van der Waals surface area (Å²) in [6.07, 6.45) is 0. The Bertz CT molecular complexity index is 607. The second kappa shape index (κ2) is 6.01. The number of tetrazole rings is 1. The standard InChI is InChI=1S/C14H17N5O2/c1-11(14(20)18-7-9-21-10-8-18)19-16-13(15-17-19)12-5-3-2-4-6-12/h2-6,11H,7-10H2,1H3. The van der Waals surface area contributed by atoms with Crippen LogP contribution in [0.1, 0.15) is 13.0 Å². The Kier molecular flexibility index (Phi) is 3.92. The van der Waals surface area contributed by atoms with E-state index in [2.05, 4.69) is 15.4 Å². The molecular weight excluding hydrogens is 270 g/mol. The van der Waals surface area contributed by atoms with Gasteiger partial charge in [0.25, 0.3) is 0 Å². The van der Waals surface area contributed by atoms with Gasteiger partial charge >= 0.3 is 0 Å². The topological polar surface area (TPSA) is 73.1 Å². The highest BCUT2D eigenvalue weighted by Crippen LogP contribution is 2.15. The molecule has 1 aromatic carbocycles. The van der Waals surface area contributed by atoms with Gasteiger partial charge < -0.3 is 9.64 Å². The first-order valence-electron chi connectivity index (χ1n) is 6.97. The largest absolute Gasteiger partial charge is 0.378 e. The van der Waals surface area contributed by atoms with Crippen molar-refractivity contribution in [2.24, 2.45) is 0 Å². The predicted octanol–water partition coefficient (Wildman–Crippen LogP) is 0.760. The van der Waals surface area contributed by atoms with Crippen LogP contribution >= 0.6 is 0 Å². The summed E-state index contributed by atoms with van der Waals surface area (Å²) in [4.78, 5) is 15.5. The Hall–Kier alpha value is -2.28. The number of amides is 1. The molecule has 1 atom stereocenters. The summed E-state index contributed by atoms with van der Waals surface area (Å²) in [6.45, 7) is 4.18. The molecule has 0 radical (unpaired) electrons. The third-order valence-electron chi connectivity index (χ3n) is 3.49. The zero-order valence-corrected chi connectivity index (χ0v) is 11.8. The van der Waals surface area contributed by atoms with Crippen LogP contribution in [0.15, 0.2) is 30.3 Å². The molecule has 0 saturated carbocycles. The normalized spacial score (nSPS) is 16.7. The lowest BCUT2D eigenvalue weighted by molar-refractivity contribution is -0.139. The van der Waals surface area contributed by atoms with E-state index in [0.717, 1.165) is 5.56 Å². The highest BCUT2D eigenvalue weighted by Gasteiger charge is 2.25. The molecule has 110 valence electrons. The number of hydrogen-bond donors (Lipinski definition) is 0. The van der Waals surface area contributed by atoms with E-state index in [1.807, 2.05) is 30.3 Å². The fourth-order valence-electron chi connectivity index (χ4n) is 2.24. The molecule has 0 N–H and O–H groups in total. The number of nitrogens with zero attached hydrogens (tertiary/aromatic N) is 5. The van der Waals surface area contributed by atoms with Crippen LogP contribution < -0.4 is 0 Å². The molecule has 2 aromatic rings. The van der Waals surface area contributed by atoms with Crippen molar-refractivity contribution in [3.05, 3.63) is 30.3 Å². The number of morpholine rings is 1. The molecule has 1 aliphatic heterocycles. The molecule has 1 unspecified atom stereocenters. The van der Waals surface area contributed by atoms with Gasteiger partial charge in [0.05, 0.1) is 13.2 Å². The Morgan fingerprint density at radius 2 is 1.95 bits per heavy atom. The van der Waals surface area contributed by atoms with Crippen LogP contribution in [0.25, 0.3) is 11.4 Å². The second-order valence-corrected chi connectivity index (χ2v) is 4.91. The molecule has 0 aliphatic carbocycles. The molecule has 21 heavy (non-hydrogen) atoms. The maximum Gasteiger partial charge on any atom is 0.249 e. The maximum absolute atomic E-state index is 12.4. The lowest BCUT2D eigenvalue weighted by atomic mass is 10.2. The molecule has 0 spiro atoms. The van der Waals surface area contributed by atoms with Crippen LogP contribution in [-0.4, -0.2) is 57.3 Å². The number of rotatable bonds is 3. The summed E-state index contributed by atoms with van der Waals surface area (Å²) in [7, 11) is 0.